The lowest BCUT2D eigenvalue weighted by Crippen LogP contribution is -2.37. The zero-order chi connectivity index (χ0) is 28.8. The lowest BCUT2D eigenvalue weighted by atomic mass is 10.0. The molecule has 0 spiro atoms. The Hall–Kier alpha value is -4.43. The van der Waals surface area contributed by atoms with E-state index in [1.165, 1.54) is 0 Å². The van der Waals surface area contributed by atoms with Crippen LogP contribution in [0, 0.1) is 0 Å². The number of fused-ring (bicyclic) bond motifs is 1. The molecule has 0 N–H and O–H groups in total. The van der Waals surface area contributed by atoms with Gasteiger partial charge in [-0.3, -0.25) is 4.99 Å². The van der Waals surface area contributed by atoms with Crippen molar-refractivity contribution in [1.29, 1.82) is 0 Å². The number of esters is 1. The normalized spacial score (nSPS) is 13.8. The van der Waals surface area contributed by atoms with Gasteiger partial charge in [-0.2, -0.15) is 0 Å². The van der Waals surface area contributed by atoms with Crippen LogP contribution in [0.25, 0.3) is 22.4 Å². The van der Waals surface area contributed by atoms with Crippen LogP contribution in [0.2, 0.25) is 0 Å². The highest BCUT2D eigenvalue weighted by molar-refractivity contribution is 6.14. The molecule has 212 valence electrons. The minimum absolute atomic E-state index is 0.231. The van der Waals surface area contributed by atoms with E-state index in [0.717, 1.165) is 47.7 Å². The Morgan fingerprint density at radius 1 is 1.02 bits per heavy atom. The molecule has 0 atom stereocenters. The molecule has 0 amide bonds. The van der Waals surface area contributed by atoms with Crippen molar-refractivity contribution < 1.29 is 19.0 Å². The zero-order valence-electron chi connectivity index (χ0n) is 23.9. The molecule has 1 aliphatic rings. The fraction of sp³-hybridized carbons (Fsp3) is 0.303. The first kappa shape index (κ1) is 28.1. The first-order chi connectivity index (χ1) is 20.1. The maximum Gasteiger partial charge on any atom is 0.341 e. The van der Waals surface area contributed by atoms with Crippen molar-refractivity contribution in [3.63, 3.8) is 0 Å². The molecule has 2 aromatic carbocycles. The second-order valence-electron chi connectivity index (χ2n) is 9.73. The molecule has 8 heteroatoms. The number of ether oxygens (including phenoxy) is 3. The molecule has 41 heavy (non-hydrogen) atoms. The van der Waals surface area contributed by atoms with Crippen LogP contribution < -0.4 is 4.90 Å². The summed E-state index contributed by atoms with van der Waals surface area (Å²) in [5.74, 6) is 1.10. The van der Waals surface area contributed by atoms with E-state index < -0.39 is 5.97 Å². The third-order valence-electron chi connectivity index (χ3n) is 7.09. The fourth-order valence-corrected chi connectivity index (χ4v) is 5.19. The largest absolute Gasteiger partial charge is 0.462 e. The van der Waals surface area contributed by atoms with Crippen molar-refractivity contribution in [2.75, 3.05) is 44.9 Å². The number of aryl methyl sites for hydroxylation is 1. The third kappa shape index (κ3) is 5.74. The Labute approximate surface area is 240 Å². The Kier molecular flexibility index (Phi) is 8.79. The number of rotatable bonds is 9. The van der Waals surface area contributed by atoms with E-state index in [1.807, 2.05) is 65.2 Å². The van der Waals surface area contributed by atoms with Gasteiger partial charge in [-0.05, 0) is 25.0 Å². The van der Waals surface area contributed by atoms with Gasteiger partial charge in [0, 0.05) is 31.3 Å². The minimum Gasteiger partial charge on any atom is -0.462 e. The van der Waals surface area contributed by atoms with E-state index in [4.69, 9.17) is 19.3 Å². The molecule has 4 aromatic rings. The fourth-order valence-electron chi connectivity index (χ4n) is 5.19. The highest BCUT2D eigenvalue weighted by Gasteiger charge is 2.32. The monoisotopic (exact) mass is 552 g/mol. The van der Waals surface area contributed by atoms with Crippen molar-refractivity contribution in [2.45, 2.75) is 26.7 Å². The summed E-state index contributed by atoms with van der Waals surface area (Å²) in [6, 6.07) is 21.8. The van der Waals surface area contributed by atoms with Crippen LogP contribution in [0.3, 0.4) is 0 Å². The third-order valence-corrected chi connectivity index (χ3v) is 7.09. The first-order valence-corrected chi connectivity index (χ1v) is 14.1. The highest BCUT2D eigenvalue weighted by atomic mass is 16.5. The highest BCUT2D eigenvalue weighted by Crippen LogP contribution is 2.36. The van der Waals surface area contributed by atoms with Gasteiger partial charge in [0.05, 0.1) is 36.6 Å². The smallest absolute Gasteiger partial charge is 0.341 e. The molecule has 0 aliphatic carbocycles. The van der Waals surface area contributed by atoms with Gasteiger partial charge >= 0.3 is 5.97 Å². The van der Waals surface area contributed by atoms with Crippen LogP contribution >= 0.6 is 0 Å². The average Bonchev–Trinajstić information content (AvgIpc) is 3.34. The second-order valence-corrected chi connectivity index (χ2v) is 9.73. The van der Waals surface area contributed by atoms with E-state index in [1.54, 1.807) is 14.0 Å². The number of carbonyl (C=O) groups is 1. The summed E-state index contributed by atoms with van der Waals surface area (Å²) in [4.78, 5) is 20.6. The maximum absolute atomic E-state index is 13.8. The van der Waals surface area contributed by atoms with Crippen molar-refractivity contribution in [1.82, 2.24) is 9.61 Å². The van der Waals surface area contributed by atoms with Crippen molar-refractivity contribution in [3.8, 4) is 11.1 Å². The number of morpholine rings is 1. The molecule has 3 heterocycles. The van der Waals surface area contributed by atoms with Gasteiger partial charge < -0.3 is 19.1 Å². The molecular weight excluding hydrogens is 516 g/mol. The predicted octanol–water partition coefficient (Wildman–Crippen LogP) is 6.03. The summed E-state index contributed by atoms with van der Waals surface area (Å²) in [6.07, 6.45) is 1.46. The Bertz CT molecular complexity index is 1550. The van der Waals surface area contributed by atoms with Gasteiger partial charge in [-0.25, -0.2) is 9.31 Å². The van der Waals surface area contributed by atoms with E-state index >= 15 is 0 Å². The van der Waals surface area contributed by atoms with E-state index in [9.17, 15) is 4.79 Å². The number of hydrogen-bond donors (Lipinski definition) is 0. The SMILES string of the molecule is C=C(OC(=NC)c1c(C(=O)OCC)c2c(-c3ccccc3)cc(N3CCOCC3)nn2c1CCC)c1ccccc1. The summed E-state index contributed by atoms with van der Waals surface area (Å²) >= 11 is 0. The standard InChI is InChI=1S/C33H36N4O4/c1-5-13-27-29(32(34-4)41-23(3)24-14-9-7-10-15-24)30(33(38)40-6-2)31-26(25-16-11-8-12-17-25)22-28(35-37(27)31)36-18-20-39-21-19-36/h7-12,14-17,22H,3,5-6,13,18-21H2,1-2,4H3. The minimum atomic E-state index is -0.449. The lowest BCUT2D eigenvalue weighted by molar-refractivity contribution is 0.0528. The summed E-state index contributed by atoms with van der Waals surface area (Å²) in [6.45, 7) is 11.0. The first-order valence-electron chi connectivity index (χ1n) is 14.1. The zero-order valence-corrected chi connectivity index (χ0v) is 23.9. The number of aromatic nitrogens is 2. The topological polar surface area (TPSA) is 77.7 Å². The lowest BCUT2D eigenvalue weighted by Gasteiger charge is -2.28. The van der Waals surface area contributed by atoms with Crippen molar-refractivity contribution >= 4 is 29.0 Å². The average molecular weight is 553 g/mol. The molecule has 0 bridgehead atoms. The van der Waals surface area contributed by atoms with Gasteiger partial charge in [-0.1, -0.05) is 80.6 Å². The summed E-state index contributed by atoms with van der Waals surface area (Å²) in [5, 5.41) is 5.13. The number of nitrogens with zero attached hydrogens (tertiary/aromatic N) is 4. The number of anilines is 1. The molecule has 0 unspecified atom stereocenters. The van der Waals surface area contributed by atoms with Gasteiger partial charge in [0.15, 0.2) is 0 Å². The molecule has 1 saturated heterocycles. The molecule has 1 fully saturated rings. The van der Waals surface area contributed by atoms with Gasteiger partial charge in [0.2, 0.25) is 5.90 Å². The molecule has 1 aliphatic heterocycles. The van der Waals surface area contributed by atoms with Crippen LogP contribution in [0.5, 0.6) is 0 Å². The number of carbonyl (C=O) groups excluding carboxylic acids is 1. The van der Waals surface area contributed by atoms with Crippen LogP contribution in [0.15, 0.2) is 78.3 Å². The van der Waals surface area contributed by atoms with Crippen LogP contribution in [0.4, 0.5) is 5.82 Å². The molecule has 0 radical (unpaired) electrons. The molecule has 2 aromatic heterocycles. The van der Waals surface area contributed by atoms with Crippen LogP contribution in [-0.2, 0) is 20.6 Å². The van der Waals surface area contributed by atoms with Crippen LogP contribution in [0.1, 0.15) is 47.4 Å². The van der Waals surface area contributed by atoms with Crippen molar-refractivity contribution in [2.24, 2.45) is 4.99 Å². The van der Waals surface area contributed by atoms with Gasteiger partial charge in [0.1, 0.15) is 17.1 Å². The number of hydrogen-bond acceptors (Lipinski definition) is 7. The van der Waals surface area contributed by atoms with Gasteiger partial charge in [0.25, 0.3) is 0 Å². The summed E-state index contributed by atoms with van der Waals surface area (Å²) < 4.78 is 19.5. The quantitative estimate of drug-likeness (QED) is 0.109. The van der Waals surface area contributed by atoms with Gasteiger partial charge in [-0.15, -0.1) is 5.10 Å². The summed E-state index contributed by atoms with van der Waals surface area (Å²) in [7, 11) is 1.66. The van der Waals surface area contributed by atoms with E-state index in [0.29, 0.717) is 47.9 Å². The Morgan fingerprint density at radius 2 is 1.71 bits per heavy atom. The molecular formula is C33H36N4O4. The predicted molar refractivity (Wildman–Crippen MR) is 163 cm³/mol. The Balaban J connectivity index is 1.81. The Morgan fingerprint density at radius 3 is 2.34 bits per heavy atom. The second kappa shape index (κ2) is 12.8. The summed E-state index contributed by atoms with van der Waals surface area (Å²) in [5.41, 5.74) is 5.14. The number of aliphatic imine (C=N–C) groups is 1. The van der Waals surface area contributed by atoms with Crippen LogP contribution in [-0.4, -0.2) is 61.4 Å². The molecule has 8 nitrogen and oxygen atoms in total. The molecule has 5 rings (SSSR count). The number of benzene rings is 2. The van der Waals surface area contributed by atoms with Crippen molar-refractivity contribution in [3.05, 3.63) is 95.7 Å². The maximum atomic E-state index is 13.8. The van der Waals surface area contributed by atoms with E-state index in [-0.39, 0.29) is 6.61 Å². The molecule has 0 saturated carbocycles. The van der Waals surface area contributed by atoms with E-state index in [2.05, 4.69) is 29.5 Å².